The van der Waals surface area contributed by atoms with Crippen LogP contribution in [0, 0.1) is 0 Å². The Kier molecular flexibility index (Phi) is 7.19. The van der Waals surface area contributed by atoms with Crippen LogP contribution in [0.3, 0.4) is 0 Å². The molecule has 2 aromatic rings. The number of benzene rings is 1. The molecule has 0 aliphatic heterocycles. The summed E-state index contributed by atoms with van der Waals surface area (Å²) in [6.45, 7) is 0. The molecule has 0 fully saturated rings. The van der Waals surface area contributed by atoms with Crippen LogP contribution in [0.15, 0.2) is 40.7 Å². The van der Waals surface area contributed by atoms with Crippen molar-refractivity contribution in [1.29, 1.82) is 0 Å². The van der Waals surface area contributed by atoms with Gasteiger partial charge in [-0.05, 0) is 37.1 Å². The van der Waals surface area contributed by atoms with Crippen LogP contribution in [0.1, 0.15) is 25.7 Å². The molecule has 0 unspecified atom stereocenters. The van der Waals surface area contributed by atoms with Crippen molar-refractivity contribution in [3.63, 3.8) is 0 Å². The van der Waals surface area contributed by atoms with Crippen molar-refractivity contribution >= 4 is 54.0 Å². The quantitative estimate of drug-likeness (QED) is 0.466. The molecule has 0 bridgehead atoms. The van der Waals surface area contributed by atoms with Crippen LogP contribution < -0.4 is 10.0 Å². The van der Waals surface area contributed by atoms with Gasteiger partial charge >= 0.3 is 0 Å². The van der Waals surface area contributed by atoms with Gasteiger partial charge in [-0.1, -0.05) is 22.4 Å². The van der Waals surface area contributed by atoms with E-state index in [1.807, 2.05) is 0 Å². The van der Waals surface area contributed by atoms with E-state index in [2.05, 4.69) is 31.0 Å². The zero-order valence-corrected chi connectivity index (χ0v) is 16.1. The van der Waals surface area contributed by atoms with Gasteiger partial charge < -0.3 is 5.32 Å². The zero-order chi connectivity index (χ0) is 17.4. The number of thiazole rings is 1. The Morgan fingerprint density at radius 3 is 2.54 bits per heavy atom. The summed E-state index contributed by atoms with van der Waals surface area (Å²) in [5.41, 5.74) is 0.577. The Bertz CT molecular complexity index is 747. The number of nitrogens with one attached hydrogen (secondary N) is 2. The summed E-state index contributed by atoms with van der Waals surface area (Å²) in [5, 5.41) is 5.72. The van der Waals surface area contributed by atoms with Gasteiger partial charge in [0, 0.05) is 29.0 Å². The van der Waals surface area contributed by atoms with E-state index in [4.69, 9.17) is 0 Å². The number of aromatic nitrogens is 1. The summed E-state index contributed by atoms with van der Waals surface area (Å²) >= 11 is 4.56. The van der Waals surface area contributed by atoms with Crippen molar-refractivity contribution in [2.24, 2.45) is 0 Å². The summed E-state index contributed by atoms with van der Waals surface area (Å²) in [4.78, 5) is 15.8. The maximum atomic E-state index is 12.2. The number of hydrogen-bond acceptors (Lipinski definition) is 5. The minimum absolute atomic E-state index is 0.0684. The Morgan fingerprint density at radius 2 is 1.92 bits per heavy atom. The fraction of sp³-hybridized carbons (Fsp3) is 0.333. The van der Waals surface area contributed by atoms with Gasteiger partial charge in [-0.3, -0.25) is 9.52 Å². The normalized spacial score (nSPS) is 11.2. The van der Waals surface area contributed by atoms with E-state index in [0.717, 1.165) is 24.6 Å². The van der Waals surface area contributed by atoms with Gasteiger partial charge in [0.05, 0.1) is 4.90 Å². The predicted octanol–water partition coefficient (Wildman–Crippen LogP) is 3.84. The average molecular weight is 432 g/mol. The lowest BCUT2D eigenvalue weighted by Gasteiger charge is -2.08. The third kappa shape index (κ3) is 5.88. The van der Waals surface area contributed by atoms with Gasteiger partial charge in [0.1, 0.15) is 0 Å². The van der Waals surface area contributed by atoms with E-state index in [1.54, 1.807) is 17.5 Å². The highest BCUT2D eigenvalue weighted by atomic mass is 79.9. The first-order valence-corrected chi connectivity index (χ1v) is 10.9. The summed E-state index contributed by atoms with van der Waals surface area (Å²) in [7, 11) is -3.67. The van der Waals surface area contributed by atoms with E-state index in [9.17, 15) is 13.2 Å². The molecule has 130 valence electrons. The summed E-state index contributed by atoms with van der Waals surface area (Å²) in [5.74, 6) is -0.0684. The molecule has 0 saturated carbocycles. The molecule has 1 aromatic carbocycles. The first-order chi connectivity index (χ1) is 11.5. The number of carbonyl (C=O) groups is 1. The monoisotopic (exact) mass is 431 g/mol. The third-order valence-electron chi connectivity index (χ3n) is 3.14. The largest absolute Gasteiger partial charge is 0.326 e. The second-order valence-electron chi connectivity index (χ2n) is 5.01. The summed E-state index contributed by atoms with van der Waals surface area (Å²) < 4.78 is 26.8. The van der Waals surface area contributed by atoms with Crippen LogP contribution in [0.25, 0.3) is 0 Å². The molecule has 9 heteroatoms. The minimum atomic E-state index is -3.67. The van der Waals surface area contributed by atoms with E-state index in [0.29, 0.717) is 17.2 Å². The molecule has 0 atom stereocenters. The second kappa shape index (κ2) is 9.14. The highest BCUT2D eigenvalue weighted by Crippen LogP contribution is 2.19. The number of unbranched alkanes of at least 4 members (excludes halogenated alkanes) is 2. The number of nitrogens with zero attached hydrogens (tertiary/aromatic N) is 1. The van der Waals surface area contributed by atoms with Crippen LogP contribution in [-0.2, 0) is 14.8 Å². The molecule has 1 aromatic heterocycles. The Balaban J connectivity index is 1.91. The molecule has 6 nitrogen and oxygen atoms in total. The van der Waals surface area contributed by atoms with Crippen molar-refractivity contribution in [2.45, 2.75) is 30.6 Å². The maximum absolute atomic E-state index is 12.2. The number of rotatable bonds is 9. The topological polar surface area (TPSA) is 88.2 Å². The van der Waals surface area contributed by atoms with Crippen LogP contribution in [0.5, 0.6) is 0 Å². The van der Waals surface area contributed by atoms with E-state index in [1.165, 1.54) is 29.7 Å². The lowest BCUT2D eigenvalue weighted by atomic mass is 10.2. The molecule has 24 heavy (non-hydrogen) atoms. The predicted molar refractivity (Wildman–Crippen MR) is 100 cm³/mol. The number of amides is 1. The highest BCUT2D eigenvalue weighted by Gasteiger charge is 2.15. The van der Waals surface area contributed by atoms with Crippen LogP contribution in [0.4, 0.5) is 10.8 Å². The average Bonchev–Trinajstić information content (AvgIpc) is 3.04. The molecular formula is C15H18BrN3O3S2. The molecule has 0 aliphatic carbocycles. The van der Waals surface area contributed by atoms with Gasteiger partial charge in [0.15, 0.2) is 5.13 Å². The van der Waals surface area contributed by atoms with E-state index >= 15 is 0 Å². The molecule has 2 rings (SSSR count). The minimum Gasteiger partial charge on any atom is -0.326 e. The van der Waals surface area contributed by atoms with Crippen molar-refractivity contribution in [3.05, 3.63) is 35.8 Å². The lowest BCUT2D eigenvalue weighted by molar-refractivity contribution is -0.116. The molecule has 1 amide bonds. The second-order valence-corrected chi connectivity index (χ2v) is 8.38. The Morgan fingerprint density at radius 1 is 1.17 bits per heavy atom. The molecule has 0 radical (unpaired) electrons. The summed E-state index contributed by atoms with van der Waals surface area (Å²) in [6, 6.07) is 6.06. The van der Waals surface area contributed by atoms with Crippen LogP contribution >= 0.6 is 27.3 Å². The molecule has 0 saturated heterocycles. The number of hydrogen-bond donors (Lipinski definition) is 2. The molecular weight excluding hydrogens is 414 g/mol. The van der Waals surface area contributed by atoms with Gasteiger partial charge in [-0.2, -0.15) is 0 Å². The molecule has 0 spiro atoms. The van der Waals surface area contributed by atoms with Crippen molar-refractivity contribution in [3.8, 4) is 0 Å². The molecule has 1 heterocycles. The smallest absolute Gasteiger partial charge is 0.263 e. The first-order valence-electron chi connectivity index (χ1n) is 7.39. The first kappa shape index (κ1) is 18.9. The van der Waals surface area contributed by atoms with Crippen LogP contribution in [-0.4, -0.2) is 24.6 Å². The van der Waals surface area contributed by atoms with Gasteiger partial charge in [0.25, 0.3) is 10.0 Å². The SMILES string of the molecule is O=C(CCCCCBr)Nc1ccc(S(=O)(=O)Nc2nccs2)cc1. The summed E-state index contributed by atoms with van der Waals surface area (Å²) in [6.07, 6.45) is 4.86. The van der Waals surface area contributed by atoms with E-state index < -0.39 is 10.0 Å². The van der Waals surface area contributed by atoms with Crippen LogP contribution in [0.2, 0.25) is 0 Å². The van der Waals surface area contributed by atoms with E-state index in [-0.39, 0.29) is 10.8 Å². The number of alkyl halides is 1. The Hall–Kier alpha value is -1.45. The fourth-order valence-electron chi connectivity index (χ4n) is 1.95. The van der Waals surface area contributed by atoms with Crippen molar-refractivity contribution in [2.75, 3.05) is 15.4 Å². The number of carbonyl (C=O) groups excluding carboxylic acids is 1. The number of anilines is 2. The number of sulfonamides is 1. The highest BCUT2D eigenvalue weighted by molar-refractivity contribution is 9.09. The molecule has 2 N–H and O–H groups in total. The fourth-order valence-corrected chi connectivity index (χ4v) is 4.13. The zero-order valence-electron chi connectivity index (χ0n) is 12.9. The van der Waals surface area contributed by atoms with Gasteiger partial charge in [-0.15, -0.1) is 11.3 Å². The lowest BCUT2D eigenvalue weighted by Crippen LogP contribution is -2.14. The van der Waals surface area contributed by atoms with Gasteiger partial charge in [-0.25, -0.2) is 13.4 Å². The van der Waals surface area contributed by atoms with Crippen molar-refractivity contribution < 1.29 is 13.2 Å². The standard InChI is InChI=1S/C15H18BrN3O3S2/c16-9-3-1-2-4-14(20)18-12-5-7-13(8-6-12)24(21,22)19-15-17-10-11-23-15/h5-8,10-11H,1-4,9H2,(H,17,19)(H,18,20). The number of halogens is 1. The molecule has 0 aliphatic rings. The van der Waals surface area contributed by atoms with Gasteiger partial charge in [0.2, 0.25) is 5.91 Å². The Labute approximate surface area is 153 Å². The third-order valence-corrected chi connectivity index (χ3v) is 5.87. The maximum Gasteiger partial charge on any atom is 0.263 e. The van der Waals surface area contributed by atoms with Crippen molar-refractivity contribution in [1.82, 2.24) is 4.98 Å².